The molecule has 0 bridgehead atoms. The van der Waals surface area contributed by atoms with Crippen LogP contribution in [0.25, 0.3) is 10.9 Å². The van der Waals surface area contributed by atoms with Crippen molar-refractivity contribution in [2.24, 2.45) is 0 Å². The lowest BCUT2D eigenvalue weighted by Gasteiger charge is -2.39. The van der Waals surface area contributed by atoms with E-state index in [0.717, 1.165) is 41.3 Å². The van der Waals surface area contributed by atoms with Crippen LogP contribution in [0.3, 0.4) is 0 Å². The van der Waals surface area contributed by atoms with Gasteiger partial charge in [0, 0.05) is 42.8 Å². The van der Waals surface area contributed by atoms with Gasteiger partial charge in [-0.05, 0) is 62.3 Å². The number of amides is 1. The number of rotatable bonds is 10. The third kappa shape index (κ3) is 6.17. The molecule has 3 aromatic rings. The van der Waals surface area contributed by atoms with Gasteiger partial charge in [0.05, 0.1) is 29.1 Å². The number of aliphatic hydroxyl groups excluding tert-OH is 1. The normalized spacial score (nSPS) is 19.5. The highest BCUT2D eigenvalue weighted by Gasteiger charge is 2.33. The van der Waals surface area contributed by atoms with Crippen molar-refractivity contribution in [3.63, 3.8) is 0 Å². The quantitative estimate of drug-likeness (QED) is 0.330. The SMILES string of the molecule is CCn1cc2c3c(cc(C(=O)N[C@@H](Cc4ccccc4)[C@H](O)CNC4(CC)CCCCC4)cc31)N(C)S(=O)(=O)CC2. The van der Waals surface area contributed by atoms with E-state index in [1.165, 1.54) is 23.6 Å². The van der Waals surface area contributed by atoms with Crippen LogP contribution in [0.5, 0.6) is 0 Å². The van der Waals surface area contributed by atoms with Crippen LogP contribution in [0.1, 0.15) is 73.9 Å². The first-order valence-electron chi connectivity index (χ1n) is 15.1. The number of aromatic nitrogens is 1. The Kier molecular flexibility index (Phi) is 8.78. The van der Waals surface area contributed by atoms with E-state index in [1.54, 1.807) is 13.1 Å². The maximum absolute atomic E-state index is 13.8. The average Bonchev–Trinajstić information content (AvgIpc) is 3.32. The number of anilines is 1. The van der Waals surface area contributed by atoms with Gasteiger partial charge < -0.3 is 20.3 Å². The van der Waals surface area contributed by atoms with Crippen LogP contribution in [0.2, 0.25) is 0 Å². The molecule has 3 N–H and O–H groups in total. The molecule has 2 atom stereocenters. The largest absolute Gasteiger partial charge is 0.390 e. The van der Waals surface area contributed by atoms with E-state index in [0.29, 0.717) is 37.2 Å². The monoisotopic (exact) mass is 580 g/mol. The van der Waals surface area contributed by atoms with Crippen molar-refractivity contribution in [1.82, 2.24) is 15.2 Å². The van der Waals surface area contributed by atoms with E-state index < -0.39 is 22.2 Å². The maximum atomic E-state index is 13.8. The number of hydrogen-bond donors (Lipinski definition) is 3. The minimum absolute atomic E-state index is 0.0279. The van der Waals surface area contributed by atoms with Crippen LogP contribution in [0, 0.1) is 0 Å². The summed E-state index contributed by atoms with van der Waals surface area (Å²) in [6.45, 7) is 5.33. The Bertz CT molecular complexity index is 1480. The van der Waals surface area contributed by atoms with E-state index in [9.17, 15) is 18.3 Å². The molecule has 1 amide bonds. The Morgan fingerprint density at radius 2 is 1.83 bits per heavy atom. The number of β-amino-alcohol motifs (C(OH)–C–C–N with tert-alkyl or cyclic N) is 1. The van der Waals surface area contributed by atoms with Crippen molar-refractivity contribution in [3.8, 4) is 0 Å². The summed E-state index contributed by atoms with van der Waals surface area (Å²) in [7, 11) is -1.94. The number of carbonyl (C=O) groups is 1. The lowest BCUT2D eigenvalue weighted by molar-refractivity contribution is 0.0788. The van der Waals surface area contributed by atoms with Gasteiger partial charge in [0.25, 0.3) is 5.91 Å². The zero-order valence-electron chi connectivity index (χ0n) is 24.5. The molecule has 1 aliphatic heterocycles. The molecule has 1 saturated carbocycles. The Hall–Kier alpha value is -2.88. The lowest BCUT2D eigenvalue weighted by Crippen LogP contribution is -2.54. The van der Waals surface area contributed by atoms with Crippen molar-refractivity contribution < 1.29 is 18.3 Å². The van der Waals surface area contributed by atoms with E-state index in [1.807, 2.05) is 49.5 Å². The molecule has 0 unspecified atom stereocenters. The van der Waals surface area contributed by atoms with Crippen LogP contribution in [0.15, 0.2) is 48.7 Å². The third-order valence-corrected chi connectivity index (χ3v) is 11.0. The van der Waals surface area contributed by atoms with Gasteiger partial charge in [-0.25, -0.2) is 8.42 Å². The second-order valence-electron chi connectivity index (χ2n) is 11.8. The number of aliphatic hydroxyl groups is 1. The van der Waals surface area contributed by atoms with Crippen LogP contribution in [-0.2, 0) is 29.4 Å². The molecule has 0 spiro atoms. The number of carbonyl (C=O) groups excluding carboxylic acids is 1. The first-order valence-corrected chi connectivity index (χ1v) is 16.7. The summed E-state index contributed by atoms with van der Waals surface area (Å²) in [5, 5.41) is 19.1. The van der Waals surface area contributed by atoms with Crippen LogP contribution < -0.4 is 14.9 Å². The summed E-state index contributed by atoms with van der Waals surface area (Å²) in [5.41, 5.74) is 3.79. The van der Waals surface area contributed by atoms with Crippen molar-refractivity contribution >= 4 is 32.5 Å². The Morgan fingerprint density at radius 1 is 1.10 bits per heavy atom. The fourth-order valence-electron chi connectivity index (χ4n) is 6.60. The summed E-state index contributed by atoms with van der Waals surface area (Å²) in [4.78, 5) is 13.8. The fourth-order valence-corrected chi connectivity index (χ4v) is 7.79. The predicted octanol–water partition coefficient (Wildman–Crippen LogP) is 4.39. The topological polar surface area (TPSA) is 104 Å². The van der Waals surface area contributed by atoms with Crippen LogP contribution in [-0.4, -0.2) is 61.0 Å². The van der Waals surface area contributed by atoms with E-state index >= 15 is 0 Å². The zero-order chi connectivity index (χ0) is 29.2. The van der Waals surface area contributed by atoms with Crippen LogP contribution >= 0.6 is 0 Å². The van der Waals surface area contributed by atoms with Gasteiger partial charge >= 0.3 is 0 Å². The van der Waals surface area contributed by atoms with Gasteiger partial charge in [-0.15, -0.1) is 0 Å². The van der Waals surface area contributed by atoms with Crippen molar-refractivity contribution in [3.05, 3.63) is 65.4 Å². The molecule has 5 rings (SSSR count). The molecule has 1 fully saturated rings. The molecule has 2 heterocycles. The highest BCUT2D eigenvalue weighted by Crippen LogP contribution is 2.37. The summed E-state index contributed by atoms with van der Waals surface area (Å²) >= 11 is 0. The molecule has 222 valence electrons. The number of nitrogens with one attached hydrogen (secondary N) is 2. The van der Waals surface area contributed by atoms with Gasteiger partial charge in [-0.3, -0.25) is 9.10 Å². The molecule has 0 radical (unpaired) electrons. The molecule has 41 heavy (non-hydrogen) atoms. The molecule has 0 saturated heterocycles. The molecular weight excluding hydrogens is 536 g/mol. The van der Waals surface area contributed by atoms with Crippen molar-refractivity contribution in [1.29, 1.82) is 0 Å². The molecule has 2 aliphatic rings. The second kappa shape index (κ2) is 12.2. The smallest absolute Gasteiger partial charge is 0.251 e. The molecule has 8 nitrogen and oxygen atoms in total. The van der Waals surface area contributed by atoms with E-state index in [2.05, 4.69) is 22.1 Å². The number of sulfonamides is 1. The second-order valence-corrected chi connectivity index (χ2v) is 13.9. The Morgan fingerprint density at radius 3 is 2.51 bits per heavy atom. The number of hydrogen-bond acceptors (Lipinski definition) is 5. The van der Waals surface area contributed by atoms with E-state index in [4.69, 9.17) is 0 Å². The van der Waals surface area contributed by atoms with Gasteiger partial charge in [0.1, 0.15) is 0 Å². The standard InChI is InChI=1S/C32H44N4O4S/c1-4-32(15-10-7-11-16-32)33-21-29(37)26(18-23-12-8-6-9-13-23)34-31(38)25-19-27-30-24(14-17-41(39,40)35(27)3)22-36(5-2)28(30)20-25/h6,8-9,12-13,19-20,22,26,29,33,37H,4-5,7,10-11,14-18,21H2,1-3H3,(H,34,38)/t26-,29+/m0/s1. The Balaban J connectivity index is 1.44. The maximum Gasteiger partial charge on any atom is 0.251 e. The first kappa shape index (κ1) is 29.6. The predicted molar refractivity (Wildman–Crippen MR) is 165 cm³/mol. The minimum Gasteiger partial charge on any atom is -0.390 e. The van der Waals surface area contributed by atoms with Crippen LogP contribution in [0.4, 0.5) is 5.69 Å². The molecule has 2 aromatic carbocycles. The third-order valence-electron chi connectivity index (χ3n) is 9.28. The van der Waals surface area contributed by atoms with E-state index in [-0.39, 0.29) is 17.2 Å². The lowest BCUT2D eigenvalue weighted by atomic mass is 9.79. The molecular formula is C32H44N4O4S. The summed E-state index contributed by atoms with van der Waals surface area (Å²) in [6, 6.07) is 12.9. The summed E-state index contributed by atoms with van der Waals surface area (Å²) in [5.74, 6) is -0.299. The van der Waals surface area contributed by atoms with Gasteiger partial charge in [0.15, 0.2) is 0 Å². The zero-order valence-corrected chi connectivity index (χ0v) is 25.3. The molecule has 1 aromatic heterocycles. The van der Waals surface area contributed by atoms with Crippen molar-refractivity contribution in [2.45, 2.75) is 89.4 Å². The average molecular weight is 581 g/mol. The molecule has 1 aliphatic carbocycles. The molecule has 9 heteroatoms. The van der Waals surface area contributed by atoms with Crippen molar-refractivity contribution in [2.75, 3.05) is 23.7 Å². The summed E-state index contributed by atoms with van der Waals surface area (Å²) < 4.78 is 29.3. The highest BCUT2D eigenvalue weighted by molar-refractivity contribution is 7.92. The van der Waals surface area contributed by atoms with Gasteiger partial charge in [-0.1, -0.05) is 56.5 Å². The minimum atomic E-state index is -3.50. The number of benzene rings is 2. The summed E-state index contributed by atoms with van der Waals surface area (Å²) in [6.07, 6.45) is 8.97. The number of nitrogens with zero attached hydrogens (tertiary/aromatic N) is 2. The van der Waals surface area contributed by atoms with Gasteiger partial charge in [0.2, 0.25) is 10.0 Å². The number of aryl methyl sites for hydroxylation is 2. The highest BCUT2D eigenvalue weighted by atomic mass is 32.2. The first-order chi connectivity index (χ1) is 19.7. The fraction of sp³-hybridized carbons (Fsp3) is 0.531. The Labute approximate surface area is 244 Å². The van der Waals surface area contributed by atoms with Gasteiger partial charge in [-0.2, -0.15) is 0 Å².